The molecule has 4 N–H and O–H groups in total. The molecule has 8 heteroatoms. The SMILES string of the molecule is NC(=O)CC(NC(=S)S)NC(=S)S. The summed E-state index contributed by atoms with van der Waals surface area (Å²) in [6, 6.07) is 0. The lowest BCUT2D eigenvalue weighted by molar-refractivity contribution is -0.118. The van der Waals surface area contributed by atoms with Crippen LogP contribution in [0.3, 0.4) is 0 Å². The molecular weight excluding hydrogens is 246 g/mol. The van der Waals surface area contributed by atoms with Crippen LogP contribution in [0, 0.1) is 0 Å². The first-order chi connectivity index (χ1) is 5.91. The number of thiol groups is 2. The Bertz CT molecular complexity index is 194. The van der Waals surface area contributed by atoms with Crippen molar-refractivity contribution in [2.75, 3.05) is 0 Å². The number of nitrogens with one attached hydrogen (secondary N) is 2. The first-order valence-electron chi connectivity index (χ1n) is 3.19. The van der Waals surface area contributed by atoms with Crippen molar-refractivity contribution in [1.82, 2.24) is 10.6 Å². The first-order valence-corrected chi connectivity index (χ1v) is 4.90. The van der Waals surface area contributed by atoms with E-state index < -0.39 is 12.1 Å². The Balaban J connectivity index is 4.10. The molecule has 0 fully saturated rings. The average Bonchev–Trinajstić information content (AvgIpc) is 1.80. The Morgan fingerprint density at radius 3 is 1.92 bits per heavy atom. The maximum atomic E-state index is 10.6. The Morgan fingerprint density at radius 1 is 1.31 bits per heavy atom. The van der Waals surface area contributed by atoms with Crippen LogP contribution in [-0.2, 0) is 4.79 Å². The lowest BCUT2D eigenvalue weighted by Gasteiger charge is -2.18. The predicted molar refractivity (Wildman–Crippen MR) is 67.0 cm³/mol. The third-order valence-corrected chi connectivity index (χ3v) is 1.49. The van der Waals surface area contributed by atoms with Crippen LogP contribution in [0.15, 0.2) is 0 Å². The lowest BCUT2D eigenvalue weighted by Crippen LogP contribution is -2.46. The molecule has 0 unspecified atom stereocenters. The molecule has 0 heterocycles. The summed E-state index contributed by atoms with van der Waals surface area (Å²) in [5.41, 5.74) is 4.99. The van der Waals surface area contributed by atoms with Gasteiger partial charge in [0.1, 0.15) is 14.8 Å². The zero-order valence-corrected chi connectivity index (χ0v) is 9.90. The third-order valence-electron chi connectivity index (χ3n) is 1.00. The van der Waals surface area contributed by atoms with Gasteiger partial charge in [-0.3, -0.25) is 4.79 Å². The van der Waals surface area contributed by atoms with E-state index in [0.717, 1.165) is 0 Å². The molecule has 0 aromatic carbocycles. The second kappa shape index (κ2) is 6.41. The van der Waals surface area contributed by atoms with Gasteiger partial charge in [-0.1, -0.05) is 24.4 Å². The highest BCUT2D eigenvalue weighted by Gasteiger charge is 2.11. The molecule has 4 nitrogen and oxygen atoms in total. The van der Waals surface area contributed by atoms with Gasteiger partial charge in [0.25, 0.3) is 0 Å². The van der Waals surface area contributed by atoms with Crippen LogP contribution < -0.4 is 16.4 Å². The Kier molecular flexibility index (Phi) is 6.39. The van der Waals surface area contributed by atoms with Gasteiger partial charge in [0, 0.05) is 0 Å². The third kappa shape index (κ3) is 8.28. The highest BCUT2D eigenvalue weighted by atomic mass is 32.1. The molecule has 0 spiro atoms. The number of primary amides is 1. The number of hydrogen-bond acceptors (Lipinski definition) is 3. The van der Waals surface area contributed by atoms with E-state index in [0.29, 0.717) is 0 Å². The molecule has 13 heavy (non-hydrogen) atoms. The minimum absolute atomic E-state index is 0.0569. The van der Waals surface area contributed by atoms with Gasteiger partial charge in [-0.2, -0.15) is 0 Å². The number of hydrogen-bond donors (Lipinski definition) is 5. The molecule has 1 amide bonds. The second-order valence-electron chi connectivity index (χ2n) is 2.12. The average molecular weight is 255 g/mol. The summed E-state index contributed by atoms with van der Waals surface area (Å²) < 4.78 is 0.506. The fourth-order valence-electron chi connectivity index (χ4n) is 0.637. The zero-order chi connectivity index (χ0) is 10.4. The largest absolute Gasteiger partial charge is 0.370 e. The molecule has 0 aliphatic rings. The van der Waals surface area contributed by atoms with Gasteiger partial charge in [0.2, 0.25) is 5.91 Å². The minimum Gasteiger partial charge on any atom is -0.370 e. The van der Waals surface area contributed by atoms with Gasteiger partial charge in [-0.25, -0.2) is 0 Å². The van der Waals surface area contributed by atoms with Gasteiger partial charge in [0.05, 0.1) is 6.42 Å². The fraction of sp³-hybridized carbons (Fsp3) is 0.400. The lowest BCUT2D eigenvalue weighted by atomic mass is 10.3. The van der Waals surface area contributed by atoms with Crippen molar-refractivity contribution in [3.8, 4) is 0 Å². The number of carbonyl (C=O) groups excluding carboxylic acids is 1. The van der Waals surface area contributed by atoms with Crippen molar-refractivity contribution in [2.45, 2.75) is 12.6 Å². The highest BCUT2D eigenvalue weighted by molar-refractivity contribution is 8.11. The summed E-state index contributed by atoms with van der Waals surface area (Å²) in [4.78, 5) is 10.6. The Hall–Kier alpha value is -0.0500. The maximum Gasteiger partial charge on any atom is 0.221 e. The molecule has 0 aliphatic carbocycles. The number of rotatable bonds is 4. The van der Waals surface area contributed by atoms with Crippen LogP contribution in [0.4, 0.5) is 0 Å². The molecule has 0 rings (SSSR count). The van der Waals surface area contributed by atoms with E-state index in [-0.39, 0.29) is 15.1 Å². The summed E-state index contributed by atoms with van der Waals surface area (Å²) in [5, 5.41) is 5.38. The van der Waals surface area contributed by atoms with Crippen molar-refractivity contribution in [3.63, 3.8) is 0 Å². The fourth-order valence-corrected chi connectivity index (χ4v) is 1.23. The van der Waals surface area contributed by atoms with Crippen LogP contribution in [0.2, 0.25) is 0 Å². The van der Waals surface area contributed by atoms with Gasteiger partial charge < -0.3 is 16.4 Å². The topological polar surface area (TPSA) is 67.2 Å². The number of nitrogens with two attached hydrogens (primary N) is 1. The first kappa shape index (κ1) is 12.9. The van der Waals surface area contributed by atoms with Crippen LogP contribution in [0.25, 0.3) is 0 Å². The van der Waals surface area contributed by atoms with Crippen molar-refractivity contribution in [3.05, 3.63) is 0 Å². The van der Waals surface area contributed by atoms with Crippen molar-refractivity contribution in [1.29, 1.82) is 0 Å². The highest BCUT2D eigenvalue weighted by Crippen LogP contribution is 1.92. The minimum atomic E-state index is -0.473. The quantitative estimate of drug-likeness (QED) is 0.273. The number of thiocarbonyl (C=S) groups is 2. The van der Waals surface area contributed by atoms with E-state index in [1.54, 1.807) is 0 Å². The number of amides is 1. The Morgan fingerprint density at radius 2 is 1.69 bits per heavy atom. The van der Waals surface area contributed by atoms with E-state index in [9.17, 15) is 4.79 Å². The normalized spacial score (nSPS) is 9.46. The van der Waals surface area contributed by atoms with E-state index in [1.807, 2.05) is 0 Å². The summed E-state index contributed by atoms with van der Waals surface area (Å²) in [6.45, 7) is 0. The molecule has 0 saturated carbocycles. The monoisotopic (exact) mass is 255 g/mol. The van der Waals surface area contributed by atoms with Crippen LogP contribution in [-0.4, -0.2) is 20.7 Å². The van der Waals surface area contributed by atoms with E-state index in [4.69, 9.17) is 5.73 Å². The second-order valence-corrected chi connectivity index (χ2v) is 4.44. The molecule has 0 bridgehead atoms. The van der Waals surface area contributed by atoms with Gasteiger partial charge in [-0.05, 0) is 0 Å². The van der Waals surface area contributed by atoms with E-state index >= 15 is 0 Å². The Labute approximate surface area is 97.8 Å². The molecule has 0 aliphatic heterocycles. The summed E-state index contributed by atoms with van der Waals surface area (Å²) in [7, 11) is 0. The van der Waals surface area contributed by atoms with Gasteiger partial charge in [0.15, 0.2) is 0 Å². The maximum absolute atomic E-state index is 10.6. The number of carbonyl (C=O) groups is 1. The van der Waals surface area contributed by atoms with E-state index in [2.05, 4.69) is 60.3 Å². The van der Waals surface area contributed by atoms with Crippen molar-refractivity contribution in [2.24, 2.45) is 5.73 Å². The molecule has 0 radical (unpaired) electrons. The standard InChI is InChI=1S/C5H9N3OS4/c6-2(9)1-3(7-4(10)11)8-5(12)13/h3H,1H2,(H2,6,9)(H2,7,10,11)(H2,8,12,13). The molecule has 0 saturated heterocycles. The summed E-state index contributed by atoms with van der Waals surface area (Å²) in [5.74, 6) is -0.473. The molecule has 74 valence electrons. The molecular formula is C5H9N3OS4. The van der Waals surface area contributed by atoms with Gasteiger partial charge >= 0.3 is 0 Å². The van der Waals surface area contributed by atoms with Crippen LogP contribution in [0.1, 0.15) is 6.42 Å². The smallest absolute Gasteiger partial charge is 0.221 e. The van der Waals surface area contributed by atoms with Crippen LogP contribution in [0.5, 0.6) is 0 Å². The van der Waals surface area contributed by atoms with Crippen LogP contribution >= 0.6 is 49.7 Å². The molecule has 0 aromatic heterocycles. The van der Waals surface area contributed by atoms with E-state index in [1.165, 1.54) is 0 Å². The molecule has 0 aromatic rings. The summed E-state index contributed by atoms with van der Waals surface area (Å²) in [6.07, 6.45) is -0.394. The summed E-state index contributed by atoms with van der Waals surface area (Å²) >= 11 is 17.0. The zero-order valence-electron chi connectivity index (χ0n) is 6.48. The predicted octanol–water partition coefficient (Wildman–Crippen LogP) is -0.203. The van der Waals surface area contributed by atoms with Crippen molar-refractivity contribution >= 4 is 64.2 Å². The van der Waals surface area contributed by atoms with Gasteiger partial charge in [-0.15, -0.1) is 25.3 Å². The van der Waals surface area contributed by atoms with Crippen molar-refractivity contribution < 1.29 is 4.79 Å². The molecule has 0 atom stereocenters.